The Hall–Kier alpha value is -0.570. The van der Waals surface area contributed by atoms with E-state index in [0.29, 0.717) is 6.04 Å². The summed E-state index contributed by atoms with van der Waals surface area (Å²) in [5.74, 6) is -0.148. The molecule has 2 aliphatic rings. The number of nitrogens with two attached hydrogens (primary N) is 1. The van der Waals surface area contributed by atoms with E-state index in [9.17, 15) is 4.79 Å². The first-order chi connectivity index (χ1) is 7.98. The summed E-state index contributed by atoms with van der Waals surface area (Å²) < 4.78 is 0. The van der Waals surface area contributed by atoms with E-state index >= 15 is 0 Å². The highest BCUT2D eigenvalue weighted by Gasteiger charge is 2.53. The van der Waals surface area contributed by atoms with Crippen molar-refractivity contribution in [2.24, 2.45) is 11.1 Å². The largest absolute Gasteiger partial charge is 0.368 e. The van der Waals surface area contributed by atoms with Gasteiger partial charge in [0.25, 0.3) is 0 Å². The van der Waals surface area contributed by atoms with Gasteiger partial charge in [0, 0.05) is 6.04 Å². The van der Waals surface area contributed by atoms with Gasteiger partial charge in [0.2, 0.25) is 5.91 Å². The normalized spacial score (nSPS) is 33.8. The van der Waals surface area contributed by atoms with E-state index in [1.165, 1.54) is 32.1 Å². The van der Waals surface area contributed by atoms with Crippen molar-refractivity contribution < 1.29 is 4.79 Å². The van der Waals surface area contributed by atoms with Gasteiger partial charge in [0.15, 0.2) is 0 Å². The van der Waals surface area contributed by atoms with Crippen LogP contribution in [0.1, 0.15) is 65.2 Å². The van der Waals surface area contributed by atoms with Crippen molar-refractivity contribution in [2.75, 3.05) is 0 Å². The molecule has 0 spiro atoms. The highest BCUT2D eigenvalue weighted by molar-refractivity contribution is 5.86. The Balaban J connectivity index is 2.14. The lowest BCUT2D eigenvalue weighted by Crippen LogP contribution is -2.64. The van der Waals surface area contributed by atoms with Gasteiger partial charge in [-0.05, 0) is 31.1 Å². The molecule has 17 heavy (non-hydrogen) atoms. The second kappa shape index (κ2) is 4.60. The van der Waals surface area contributed by atoms with E-state index < -0.39 is 5.54 Å². The van der Waals surface area contributed by atoms with Crippen LogP contribution in [0.5, 0.6) is 0 Å². The quantitative estimate of drug-likeness (QED) is 0.793. The van der Waals surface area contributed by atoms with E-state index in [1.807, 2.05) is 0 Å². The molecule has 0 aromatic rings. The van der Waals surface area contributed by atoms with Crippen molar-refractivity contribution >= 4 is 5.91 Å². The predicted molar refractivity (Wildman–Crippen MR) is 69.6 cm³/mol. The van der Waals surface area contributed by atoms with Crippen molar-refractivity contribution in [3.05, 3.63) is 0 Å². The van der Waals surface area contributed by atoms with Crippen molar-refractivity contribution in [3.63, 3.8) is 0 Å². The van der Waals surface area contributed by atoms with Gasteiger partial charge in [-0.25, -0.2) is 0 Å². The van der Waals surface area contributed by atoms with Crippen LogP contribution >= 0.6 is 0 Å². The second-order valence-electron chi connectivity index (χ2n) is 6.49. The highest BCUT2D eigenvalue weighted by Crippen LogP contribution is 2.46. The number of amides is 1. The lowest BCUT2D eigenvalue weighted by atomic mass is 9.73. The van der Waals surface area contributed by atoms with E-state index in [-0.39, 0.29) is 11.3 Å². The summed E-state index contributed by atoms with van der Waals surface area (Å²) >= 11 is 0. The van der Waals surface area contributed by atoms with Crippen LogP contribution in [0.3, 0.4) is 0 Å². The number of rotatable bonds is 3. The van der Waals surface area contributed by atoms with Gasteiger partial charge in [-0.1, -0.05) is 39.5 Å². The van der Waals surface area contributed by atoms with Gasteiger partial charge < -0.3 is 11.1 Å². The van der Waals surface area contributed by atoms with Gasteiger partial charge in [0.05, 0.1) is 0 Å². The summed E-state index contributed by atoms with van der Waals surface area (Å²) in [6, 6.07) is 0.494. The van der Waals surface area contributed by atoms with Crippen LogP contribution in [0.2, 0.25) is 0 Å². The second-order valence-corrected chi connectivity index (χ2v) is 6.49. The topological polar surface area (TPSA) is 55.1 Å². The lowest BCUT2D eigenvalue weighted by Gasteiger charge is -2.43. The highest BCUT2D eigenvalue weighted by atomic mass is 16.1. The molecule has 3 N–H and O–H groups in total. The molecule has 3 heteroatoms. The summed E-state index contributed by atoms with van der Waals surface area (Å²) in [6.07, 6.45) is 9.42. The van der Waals surface area contributed by atoms with E-state index in [0.717, 1.165) is 19.3 Å². The predicted octanol–water partition coefficient (Wildman–Crippen LogP) is 2.34. The molecular formula is C14H26N2O. The Morgan fingerprint density at radius 2 is 1.76 bits per heavy atom. The lowest BCUT2D eigenvalue weighted by molar-refractivity contribution is -0.128. The Labute approximate surface area is 105 Å². The molecule has 0 radical (unpaired) electrons. The minimum absolute atomic E-state index is 0.00369. The monoisotopic (exact) mass is 238 g/mol. The first-order valence-electron chi connectivity index (χ1n) is 7.06. The third kappa shape index (κ3) is 2.22. The minimum atomic E-state index is -0.463. The fourth-order valence-corrected chi connectivity index (χ4v) is 3.74. The maximum atomic E-state index is 12.0. The molecule has 2 saturated carbocycles. The van der Waals surface area contributed by atoms with Crippen LogP contribution in [-0.4, -0.2) is 17.5 Å². The zero-order chi connectivity index (χ0) is 12.5. The van der Waals surface area contributed by atoms with Crippen LogP contribution in [-0.2, 0) is 4.79 Å². The third-order valence-electron chi connectivity index (χ3n) is 4.99. The molecule has 0 heterocycles. The van der Waals surface area contributed by atoms with Crippen molar-refractivity contribution in [1.82, 2.24) is 5.32 Å². The van der Waals surface area contributed by atoms with Gasteiger partial charge >= 0.3 is 0 Å². The van der Waals surface area contributed by atoms with E-state index in [1.54, 1.807) is 0 Å². The molecule has 98 valence electrons. The number of hydrogen-bond acceptors (Lipinski definition) is 2. The molecule has 0 aliphatic heterocycles. The smallest absolute Gasteiger partial charge is 0.238 e. The molecule has 2 aliphatic carbocycles. The van der Waals surface area contributed by atoms with Crippen LogP contribution in [0.25, 0.3) is 0 Å². The van der Waals surface area contributed by atoms with Crippen molar-refractivity contribution in [1.29, 1.82) is 0 Å². The molecule has 0 aromatic heterocycles. The number of carbonyl (C=O) groups is 1. The van der Waals surface area contributed by atoms with Gasteiger partial charge in [0.1, 0.15) is 5.54 Å². The number of nitrogens with one attached hydrogen (secondary N) is 1. The molecule has 2 rings (SSSR count). The van der Waals surface area contributed by atoms with Crippen LogP contribution in [0, 0.1) is 5.41 Å². The molecule has 1 unspecified atom stereocenters. The first-order valence-corrected chi connectivity index (χ1v) is 7.06. The Kier molecular flexibility index (Phi) is 3.48. The zero-order valence-electron chi connectivity index (χ0n) is 11.2. The van der Waals surface area contributed by atoms with Crippen LogP contribution in [0.4, 0.5) is 0 Å². The average Bonchev–Trinajstić information content (AvgIpc) is 2.57. The maximum Gasteiger partial charge on any atom is 0.238 e. The standard InChI is InChI=1S/C14H26N2O/c1-13(2)9-6-10-14(13,12(15)17)16-11-7-4-3-5-8-11/h11,16H,3-10H2,1-2H3,(H2,15,17). The fourth-order valence-electron chi connectivity index (χ4n) is 3.74. The summed E-state index contributed by atoms with van der Waals surface area (Å²) in [5.41, 5.74) is 5.26. The van der Waals surface area contributed by atoms with Crippen LogP contribution in [0.15, 0.2) is 0 Å². The third-order valence-corrected chi connectivity index (χ3v) is 4.99. The number of primary amides is 1. The molecule has 3 nitrogen and oxygen atoms in total. The molecule has 1 amide bonds. The Morgan fingerprint density at radius 1 is 1.12 bits per heavy atom. The summed E-state index contributed by atoms with van der Waals surface area (Å²) in [5, 5.41) is 3.65. The summed E-state index contributed by atoms with van der Waals surface area (Å²) in [6.45, 7) is 4.36. The zero-order valence-corrected chi connectivity index (χ0v) is 11.2. The molecule has 1 atom stereocenters. The molecule has 0 aromatic carbocycles. The average molecular weight is 238 g/mol. The molecule has 0 saturated heterocycles. The SMILES string of the molecule is CC1(C)CCCC1(NC1CCCCC1)C(N)=O. The van der Waals surface area contributed by atoms with E-state index in [4.69, 9.17) is 5.73 Å². The fraction of sp³-hybridized carbons (Fsp3) is 0.929. The Bertz CT molecular complexity index is 295. The van der Waals surface area contributed by atoms with Crippen molar-refractivity contribution in [3.8, 4) is 0 Å². The molecule has 0 bridgehead atoms. The van der Waals surface area contributed by atoms with Gasteiger partial charge in [-0.2, -0.15) is 0 Å². The molecule has 2 fully saturated rings. The summed E-state index contributed by atoms with van der Waals surface area (Å²) in [7, 11) is 0. The summed E-state index contributed by atoms with van der Waals surface area (Å²) in [4.78, 5) is 12.0. The van der Waals surface area contributed by atoms with Gasteiger partial charge in [-0.15, -0.1) is 0 Å². The van der Waals surface area contributed by atoms with Gasteiger partial charge in [-0.3, -0.25) is 4.79 Å². The number of carbonyl (C=O) groups excluding carboxylic acids is 1. The van der Waals surface area contributed by atoms with Crippen molar-refractivity contribution in [2.45, 2.75) is 76.8 Å². The van der Waals surface area contributed by atoms with E-state index in [2.05, 4.69) is 19.2 Å². The Morgan fingerprint density at radius 3 is 2.24 bits per heavy atom. The minimum Gasteiger partial charge on any atom is -0.368 e. The van der Waals surface area contributed by atoms with Crippen LogP contribution < -0.4 is 11.1 Å². The maximum absolute atomic E-state index is 12.0. The number of hydrogen-bond donors (Lipinski definition) is 2. The molecular weight excluding hydrogens is 212 g/mol. The first kappa shape index (κ1) is 12.9.